The molecule has 0 aromatic carbocycles. The minimum Gasteiger partial charge on any atom is -0.348 e. The monoisotopic (exact) mass is 111 g/mol. The number of hydrogen-bond acceptors (Lipinski definition) is 1. The number of nitrogens with zero attached hydrogens (tertiary/aromatic N) is 1. The van der Waals surface area contributed by atoms with Crippen molar-refractivity contribution in [3.8, 4) is 12.3 Å². The molecule has 1 amide bonds. The van der Waals surface area contributed by atoms with Crippen LogP contribution in [0.2, 0.25) is 0 Å². The molecule has 0 N–H and O–H groups in total. The average molecular weight is 111 g/mol. The van der Waals surface area contributed by atoms with Crippen LogP contribution in [-0.4, -0.2) is 24.9 Å². The maximum atomic E-state index is 10.5. The molecule has 0 rings (SSSR count). The van der Waals surface area contributed by atoms with Gasteiger partial charge in [-0.05, 0) is 0 Å². The summed E-state index contributed by atoms with van der Waals surface area (Å²) in [6.45, 7) is 0. The maximum absolute atomic E-state index is 10.5. The van der Waals surface area contributed by atoms with Gasteiger partial charge >= 0.3 is 0 Å². The molecule has 0 unspecified atom stereocenters. The highest BCUT2D eigenvalue weighted by Crippen LogP contribution is 1.81. The SMILES string of the molecule is C#CCC(=O)N(C)C. The molecule has 0 saturated heterocycles. The summed E-state index contributed by atoms with van der Waals surface area (Å²) in [7, 11) is 3.36. The highest BCUT2D eigenvalue weighted by Gasteiger charge is 1.97. The Bertz CT molecular complexity index is 121. The molecule has 0 aromatic heterocycles. The van der Waals surface area contributed by atoms with Gasteiger partial charge in [0.1, 0.15) is 0 Å². The number of rotatable bonds is 1. The number of terminal acetylenes is 1. The van der Waals surface area contributed by atoms with E-state index in [2.05, 4.69) is 5.92 Å². The van der Waals surface area contributed by atoms with E-state index in [-0.39, 0.29) is 12.3 Å². The van der Waals surface area contributed by atoms with Crippen molar-refractivity contribution < 1.29 is 4.79 Å². The Kier molecular flexibility index (Phi) is 2.71. The van der Waals surface area contributed by atoms with Crippen LogP contribution in [0.1, 0.15) is 6.42 Å². The topological polar surface area (TPSA) is 20.3 Å². The molecule has 0 aliphatic rings. The molecule has 0 atom stereocenters. The lowest BCUT2D eigenvalue weighted by atomic mass is 10.4. The second-order valence-corrected chi connectivity index (χ2v) is 1.67. The van der Waals surface area contributed by atoms with E-state index in [4.69, 9.17) is 6.42 Å². The number of hydrogen-bond donors (Lipinski definition) is 0. The molecule has 0 fully saturated rings. The van der Waals surface area contributed by atoms with Gasteiger partial charge in [-0.3, -0.25) is 4.79 Å². The number of amides is 1. The van der Waals surface area contributed by atoms with Crippen molar-refractivity contribution in [3.63, 3.8) is 0 Å². The third kappa shape index (κ3) is 2.25. The zero-order chi connectivity index (χ0) is 6.57. The van der Waals surface area contributed by atoms with Crippen LogP contribution in [0.15, 0.2) is 0 Å². The summed E-state index contributed by atoms with van der Waals surface area (Å²) in [6.07, 6.45) is 5.07. The third-order valence-corrected chi connectivity index (χ3v) is 0.752. The smallest absolute Gasteiger partial charge is 0.234 e. The quantitative estimate of drug-likeness (QED) is 0.439. The molecule has 0 heterocycles. The normalized spacial score (nSPS) is 7.62. The highest BCUT2D eigenvalue weighted by molar-refractivity contribution is 5.77. The summed E-state index contributed by atoms with van der Waals surface area (Å²) in [5.41, 5.74) is 0. The molecule has 0 spiro atoms. The summed E-state index contributed by atoms with van der Waals surface area (Å²) < 4.78 is 0. The van der Waals surface area contributed by atoms with E-state index in [1.165, 1.54) is 4.90 Å². The number of carbonyl (C=O) groups is 1. The molecular weight excluding hydrogens is 102 g/mol. The Morgan fingerprint density at radius 2 is 2.25 bits per heavy atom. The summed E-state index contributed by atoms with van der Waals surface area (Å²) in [6, 6.07) is 0. The van der Waals surface area contributed by atoms with Gasteiger partial charge in [0.2, 0.25) is 5.91 Å². The molecule has 2 heteroatoms. The lowest BCUT2D eigenvalue weighted by Crippen LogP contribution is -2.20. The Labute approximate surface area is 49.5 Å². The van der Waals surface area contributed by atoms with Crippen LogP contribution in [0, 0.1) is 12.3 Å². The number of carbonyl (C=O) groups excluding carboxylic acids is 1. The Morgan fingerprint density at radius 3 is 2.38 bits per heavy atom. The van der Waals surface area contributed by atoms with Crippen molar-refractivity contribution in [1.29, 1.82) is 0 Å². The van der Waals surface area contributed by atoms with Crippen molar-refractivity contribution in [1.82, 2.24) is 4.90 Å². The van der Waals surface area contributed by atoms with E-state index in [1.54, 1.807) is 14.1 Å². The minimum atomic E-state index is -0.0208. The lowest BCUT2D eigenvalue weighted by molar-refractivity contribution is -0.127. The first-order chi connectivity index (χ1) is 3.68. The summed E-state index contributed by atoms with van der Waals surface area (Å²) in [5.74, 6) is 2.24. The fourth-order valence-corrected chi connectivity index (χ4v) is 0.245. The Morgan fingerprint density at radius 1 is 1.75 bits per heavy atom. The van der Waals surface area contributed by atoms with Crippen LogP contribution in [0.5, 0.6) is 0 Å². The van der Waals surface area contributed by atoms with Gasteiger partial charge in [-0.2, -0.15) is 0 Å². The molecule has 0 aromatic rings. The predicted octanol–water partition coefficient (Wildman–Crippen LogP) is 0.0979. The van der Waals surface area contributed by atoms with E-state index in [0.29, 0.717) is 0 Å². The van der Waals surface area contributed by atoms with E-state index >= 15 is 0 Å². The first-order valence-electron chi connectivity index (χ1n) is 2.32. The molecule has 2 nitrogen and oxygen atoms in total. The van der Waals surface area contributed by atoms with Gasteiger partial charge in [-0.25, -0.2) is 0 Å². The molecule has 0 bridgehead atoms. The molecule has 0 saturated carbocycles. The zero-order valence-electron chi connectivity index (χ0n) is 5.14. The first-order valence-corrected chi connectivity index (χ1v) is 2.32. The third-order valence-electron chi connectivity index (χ3n) is 0.752. The van der Waals surface area contributed by atoms with E-state index in [9.17, 15) is 4.79 Å². The Balaban J connectivity index is 3.53. The lowest BCUT2D eigenvalue weighted by Gasteiger charge is -2.05. The second-order valence-electron chi connectivity index (χ2n) is 1.67. The average Bonchev–Trinajstić information content (AvgIpc) is 1.67. The van der Waals surface area contributed by atoms with Crippen LogP contribution < -0.4 is 0 Å². The molecule has 8 heavy (non-hydrogen) atoms. The minimum absolute atomic E-state index is 0.0208. The van der Waals surface area contributed by atoms with E-state index in [1.807, 2.05) is 0 Å². The molecule has 0 radical (unpaired) electrons. The van der Waals surface area contributed by atoms with Crippen molar-refractivity contribution in [3.05, 3.63) is 0 Å². The van der Waals surface area contributed by atoms with Gasteiger partial charge in [-0.1, -0.05) is 5.92 Å². The van der Waals surface area contributed by atoms with Crippen molar-refractivity contribution >= 4 is 5.91 Å². The maximum Gasteiger partial charge on any atom is 0.234 e. The Hall–Kier alpha value is -0.970. The molecular formula is C6H9NO. The predicted molar refractivity (Wildman–Crippen MR) is 32.1 cm³/mol. The van der Waals surface area contributed by atoms with Gasteiger partial charge in [0.05, 0.1) is 6.42 Å². The first kappa shape index (κ1) is 7.03. The van der Waals surface area contributed by atoms with Crippen molar-refractivity contribution in [2.75, 3.05) is 14.1 Å². The summed E-state index contributed by atoms with van der Waals surface area (Å²) in [4.78, 5) is 12.0. The van der Waals surface area contributed by atoms with Crippen LogP contribution in [0.3, 0.4) is 0 Å². The van der Waals surface area contributed by atoms with Crippen LogP contribution in [-0.2, 0) is 4.79 Å². The zero-order valence-corrected chi connectivity index (χ0v) is 5.14. The van der Waals surface area contributed by atoms with Gasteiger partial charge in [0.15, 0.2) is 0 Å². The van der Waals surface area contributed by atoms with Gasteiger partial charge in [0, 0.05) is 14.1 Å². The molecule has 44 valence electrons. The highest BCUT2D eigenvalue weighted by atomic mass is 16.2. The fourth-order valence-electron chi connectivity index (χ4n) is 0.245. The van der Waals surface area contributed by atoms with Crippen LogP contribution in [0.25, 0.3) is 0 Å². The van der Waals surface area contributed by atoms with Gasteiger partial charge < -0.3 is 4.90 Å². The fraction of sp³-hybridized carbons (Fsp3) is 0.500. The van der Waals surface area contributed by atoms with Crippen LogP contribution in [0.4, 0.5) is 0 Å². The standard InChI is InChI=1S/C6H9NO/c1-4-5-6(8)7(2)3/h1H,5H2,2-3H3. The summed E-state index contributed by atoms with van der Waals surface area (Å²) >= 11 is 0. The largest absolute Gasteiger partial charge is 0.348 e. The van der Waals surface area contributed by atoms with Crippen molar-refractivity contribution in [2.24, 2.45) is 0 Å². The summed E-state index contributed by atoms with van der Waals surface area (Å²) in [5, 5.41) is 0. The van der Waals surface area contributed by atoms with Crippen LogP contribution >= 0.6 is 0 Å². The van der Waals surface area contributed by atoms with E-state index in [0.717, 1.165) is 0 Å². The molecule has 0 aliphatic heterocycles. The van der Waals surface area contributed by atoms with Gasteiger partial charge in [-0.15, -0.1) is 6.42 Å². The second kappa shape index (κ2) is 3.09. The van der Waals surface area contributed by atoms with Gasteiger partial charge in [0.25, 0.3) is 0 Å². The van der Waals surface area contributed by atoms with Crippen molar-refractivity contribution in [2.45, 2.75) is 6.42 Å². The van der Waals surface area contributed by atoms with E-state index < -0.39 is 0 Å². The molecule has 0 aliphatic carbocycles.